The first-order valence-corrected chi connectivity index (χ1v) is 6.50. The van der Waals surface area contributed by atoms with Gasteiger partial charge in [0.15, 0.2) is 0 Å². The highest BCUT2D eigenvalue weighted by Crippen LogP contribution is 2.35. The number of likely N-dealkylation sites (tertiary alicyclic amines) is 1. The Labute approximate surface area is 119 Å². The predicted molar refractivity (Wildman–Crippen MR) is 70.5 cm³/mol. The average Bonchev–Trinajstić information content (AvgIpc) is 2.63. The fourth-order valence-corrected chi connectivity index (χ4v) is 2.35. The van der Waals surface area contributed by atoms with E-state index in [0.29, 0.717) is 0 Å². The summed E-state index contributed by atoms with van der Waals surface area (Å²) in [6.45, 7) is 3.36. The molecule has 0 aromatic heterocycles. The Morgan fingerprint density at radius 3 is 2.38 bits per heavy atom. The van der Waals surface area contributed by atoms with Gasteiger partial charge < -0.3 is 5.32 Å². The Bertz CT molecular complexity index is 570. The molecule has 1 heterocycles. The van der Waals surface area contributed by atoms with E-state index in [9.17, 15) is 22.8 Å². The van der Waals surface area contributed by atoms with Gasteiger partial charge in [-0.05, 0) is 26.0 Å². The molecule has 4 nitrogen and oxygen atoms in total. The first-order valence-electron chi connectivity index (χ1n) is 6.50. The zero-order chi connectivity index (χ0) is 15.8. The van der Waals surface area contributed by atoms with Crippen molar-refractivity contribution in [1.29, 1.82) is 0 Å². The number of imide groups is 1. The second-order valence-electron chi connectivity index (χ2n) is 5.14. The van der Waals surface area contributed by atoms with Crippen LogP contribution >= 0.6 is 0 Å². The molecular weight excluding hydrogens is 285 g/mol. The van der Waals surface area contributed by atoms with Crippen molar-refractivity contribution in [1.82, 2.24) is 4.90 Å². The summed E-state index contributed by atoms with van der Waals surface area (Å²) >= 11 is 0. The average molecular weight is 300 g/mol. The van der Waals surface area contributed by atoms with Gasteiger partial charge in [-0.25, -0.2) is 0 Å². The van der Waals surface area contributed by atoms with Crippen LogP contribution in [0.15, 0.2) is 24.3 Å². The fraction of sp³-hybridized carbons (Fsp3) is 0.429. The topological polar surface area (TPSA) is 49.4 Å². The molecule has 1 unspecified atom stereocenters. The van der Waals surface area contributed by atoms with Gasteiger partial charge in [0.2, 0.25) is 5.91 Å². The van der Waals surface area contributed by atoms with Crippen LogP contribution in [-0.2, 0) is 15.8 Å². The molecule has 7 heteroatoms. The van der Waals surface area contributed by atoms with Crippen LogP contribution in [0, 0.1) is 0 Å². The van der Waals surface area contributed by atoms with Crippen molar-refractivity contribution in [3.63, 3.8) is 0 Å². The second-order valence-corrected chi connectivity index (χ2v) is 5.14. The lowest BCUT2D eigenvalue weighted by atomic mass is 10.1. The molecule has 114 valence electrons. The number of anilines is 1. The van der Waals surface area contributed by atoms with E-state index in [2.05, 4.69) is 5.32 Å². The third kappa shape index (κ3) is 3.01. The molecule has 1 aliphatic rings. The number of carbonyl (C=O) groups excluding carboxylic acids is 2. The summed E-state index contributed by atoms with van der Waals surface area (Å²) in [5, 5.41) is 2.55. The van der Waals surface area contributed by atoms with Crippen LogP contribution < -0.4 is 5.32 Å². The highest BCUT2D eigenvalue weighted by atomic mass is 19.4. The van der Waals surface area contributed by atoms with Gasteiger partial charge in [0.05, 0.1) is 12.0 Å². The Hall–Kier alpha value is -2.05. The number of amides is 2. The summed E-state index contributed by atoms with van der Waals surface area (Å²) in [4.78, 5) is 24.9. The van der Waals surface area contributed by atoms with Gasteiger partial charge >= 0.3 is 6.18 Å². The Balaban J connectivity index is 2.25. The molecule has 1 aromatic rings. The molecule has 0 bridgehead atoms. The number of halogens is 3. The van der Waals surface area contributed by atoms with Crippen molar-refractivity contribution < 1.29 is 22.8 Å². The molecule has 2 amide bonds. The maximum absolute atomic E-state index is 12.9. The van der Waals surface area contributed by atoms with Crippen molar-refractivity contribution in [2.75, 3.05) is 5.32 Å². The predicted octanol–water partition coefficient (Wildman–Crippen LogP) is 2.65. The first-order chi connectivity index (χ1) is 9.71. The lowest BCUT2D eigenvalue weighted by Crippen LogP contribution is -2.39. The van der Waals surface area contributed by atoms with Gasteiger partial charge in [-0.15, -0.1) is 0 Å². The maximum Gasteiger partial charge on any atom is 0.418 e. The van der Waals surface area contributed by atoms with Crippen LogP contribution in [-0.4, -0.2) is 28.8 Å². The molecule has 0 spiro atoms. The number of alkyl halides is 3. The SMILES string of the molecule is CC(C)N1C(=O)CC(Nc2ccccc2C(F)(F)F)C1=O. The van der Waals surface area contributed by atoms with E-state index in [4.69, 9.17) is 0 Å². The van der Waals surface area contributed by atoms with E-state index < -0.39 is 23.7 Å². The van der Waals surface area contributed by atoms with Gasteiger partial charge in [0.25, 0.3) is 5.91 Å². The maximum atomic E-state index is 12.9. The van der Waals surface area contributed by atoms with E-state index in [-0.39, 0.29) is 24.1 Å². The van der Waals surface area contributed by atoms with E-state index in [1.165, 1.54) is 18.2 Å². The number of nitrogens with zero attached hydrogens (tertiary/aromatic N) is 1. The van der Waals surface area contributed by atoms with Crippen LogP contribution in [0.1, 0.15) is 25.8 Å². The summed E-state index contributed by atoms with van der Waals surface area (Å²) in [6.07, 6.45) is -4.66. The van der Waals surface area contributed by atoms with Gasteiger partial charge in [0.1, 0.15) is 6.04 Å². The largest absolute Gasteiger partial charge is 0.418 e. The lowest BCUT2D eigenvalue weighted by molar-refractivity contribution is -0.141. The number of rotatable bonds is 3. The fourth-order valence-electron chi connectivity index (χ4n) is 2.35. The first kappa shape index (κ1) is 15.3. The monoisotopic (exact) mass is 300 g/mol. The minimum Gasteiger partial charge on any atom is -0.373 e. The van der Waals surface area contributed by atoms with Crippen LogP contribution in [0.3, 0.4) is 0 Å². The van der Waals surface area contributed by atoms with E-state index in [0.717, 1.165) is 11.0 Å². The smallest absolute Gasteiger partial charge is 0.373 e. The lowest BCUT2D eigenvalue weighted by Gasteiger charge is -2.20. The van der Waals surface area contributed by atoms with Crippen molar-refractivity contribution in [3.05, 3.63) is 29.8 Å². The van der Waals surface area contributed by atoms with E-state index in [1.54, 1.807) is 13.8 Å². The number of hydrogen-bond donors (Lipinski definition) is 1. The third-order valence-electron chi connectivity index (χ3n) is 3.26. The minimum atomic E-state index is -4.52. The Kier molecular flexibility index (Phi) is 3.93. The molecule has 2 rings (SSSR count). The van der Waals surface area contributed by atoms with Crippen molar-refractivity contribution in [2.24, 2.45) is 0 Å². The molecule has 1 aliphatic heterocycles. The molecule has 1 atom stereocenters. The second kappa shape index (κ2) is 5.38. The molecule has 0 radical (unpaired) electrons. The molecule has 1 N–H and O–H groups in total. The summed E-state index contributed by atoms with van der Waals surface area (Å²) in [5.74, 6) is -0.871. The summed E-state index contributed by atoms with van der Waals surface area (Å²) in [7, 11) is 0. The minimum absolute atomic E-state index is 0.136. The van der Waals surface area contributed by atoms with Crippen molar-refractivity contribution >= 4 is 17.5 Å². The quantitative estimate of drug-likeness (QED) is 0.873. The van der Waals surface area contributed by atoms with Gasteiger partial charge in [0, 0.05) is 11.7 Å². The molecule has 0 saturated carbocycles. The van der Waals surface area contributed by atoms with E-state index >= 15 is 0 Å². The molecule has 1 fully saturated rings. The van der Waals surface area contributed by atoms with Crippen molar-refractivity contribution in [3.8, 4) is 0 Å². The Morgan fingerprint density at radius 2 is 1.86 bits per heavy atom. The van der Waals surface area contributed by atoms with Gasteiger partial charge in [-0.3, -0.25) is 14.5 Å². The Morgan fingerprint density at radius 1 is 1.24 bits per heavy atom. The van der Waals surface area contributed by atoms with Crippen LogP contribution in [0.25, 0.3) is 0 Å². The molecular formula is C14H15F3N2O2. The molecule has 1 saturated heterocycles. The summed E-state index contributed by atoms with van der Waals surface area (Å²) in [6, 6.07) is 3.63. The van der Waals surface area contributed by atoms with Crippen LogP contribution in [0.2, 0.25) is 0 Å². The standard InChI is InChI=1S/C14H15F3N2O2/c1-8(2)19-12(20)7-11(13(19)21)18-10-6-4-3-5-9(10)14(15,16)17/h3-6,8,11,18H,7H2,1-2H3. The zero-order valence-electron chi connectivity index (χ0n) is 11.6. The summed E-state index contributed by atoms with van der Waals surface area (Å²) in [5.41, 5.74) is -1.05. The number of nitrogens with one attached hydrogen (secondary N) is 1. The third-order valence-corrected chi connectivity index (χ3v) is 3.26. The number of carbonyl (C=O) groups is 2. The van der Waals surface area contributed by atoms with Crippen molar-refractivity contribution in [2.45, 2.75) is 38.5 Å². The number of hydrogen-bond acceptors (Lipinski definition) is 3. The highest BCUT2D eigenvalue weighted by Gasteiger charge is 2.41. The molecule has 0 aliphatic carbocycles. The molecule has 21 heavy (non-hydrogen) atoms. The van der Waals surface area contributed by atoms with Crippen LogP contribution in [0.4, 0.5) is 18.9 Å². The normalized spacial score (nSPS) is 19.5. The number of benzene rings is 1. The van der Waals surface area contributed by atoms with Gasteiger partial charge in [-0.1, -0.05) is 12.1 Å². The number of para-hydroxylation sites is 1. The molecule has 1 aromatic carbocycles. The zero-order valence-corrected chi connectivity index (χ0v) is 11.6. The van der Waals surface area contributed by atoms with E-state index in [1.807, 2.05) is 0 Å². The highest BCUT2D eigenvalue weighted by molar-refractivity contribution is 6.07. The summed E-state index contributed by atoms with van der Waals surface area (Å²) < 4.78 is 38.7. The van der Waals surface area contributed by atoms with Crippen LogP contribution in [0.5, 0.6) is 0 Å². The van der Waals surface area contributed by atoms with Gasteiger partial charge in [-0.2, -0.15) is 13.2 Å².